The second kappa shape index (κ2) is 3.79. The molecule has 0 unspecified atom stereocenters. The van der Waals surface area contributed by atoms with Crippen LogP contribution in [0.4, 0.5) is 13.2 Å². The standard InChI is InChI=1S/C9H4ClF3N2O/c10-7-5(8-14-4-16-15-8)2-1-3-6(7)9(11,12)13/h1-4H. The molecule has 1 heterocycles. The molecular weight excluding hydrogens is 245 g/mol. The maximum absolute atomic E-state index is 12.5. The Labute approximate surface area is 92.8 Å². The average molecular weight is 249 g/mol. The lowest BCUT2D eigenvalue weighted by molar-refractivity contribution is -0.137. The van der Waals surface area contributed by atoms with Crippen LogP contribution in [0.1, 0.15) is 5.56 Å². The molecule has 1 aromatic heterocycles. The van der Waals surface area contributed by atoms with Gasteiger partial charge in [0.25, 0.3) is 0 Å². The van der Waals surface area contributed by atoms with Gasteiger partial charge in [0.2, 0.25) is 12.2 Å². The fraction of sp³-hybridized carbons (Fsp3) is 0.111. The minimum Gasteiger partial charge on any atom is -0.342 e. The molecule has 0 aliphatic carbocycles. The van der Waals surface area contributed by atoms with Crippen molar-refractivity contribution in [1.82, 2.24) is 10.1 Å². The third kappa shape index (κ3) is 1.88. The van der Waals surface area contributed by atoms with Gasteiger partial charge in [0.15, 0.2) is 0 Å². The van der Waals surface area contributed by atoms with Gasteiger partial charge in [-0.1, -0.05) is 22.8 Å². The second-order valence-electron chi connectivity index (χ2n) is 2.92. The summed E-state index contributed by atoms with van der Waals surface area (Å²) in [5.41, 5.74) is -0.832. The van der Waals surface area contributed by atoms with Crippen LogP contribution in [0.2, 0.25) is 5.02 Å². The molecule has 0 radical (unpaired) electrons. The molecule has 0 bridgehead atoms. The summed E-state index contributed by atoms with van der Waals surface area (Å²) in [6, 6.07) is 3.52. The zero-order valence-corrected chi connectivity index (χ0v) is 8.38. The highest BCUT2D eigenvalue weighted by molar-refractivity contribution is 6.34. The number of hydrogen-bond donors (Lipinski definition) is 0. The topological polar surface area (TPSA) is 38.9 Å². The summed E-state index contributed by atoms with van der Waals surface area (Å²) in [4.78, 5) is 3.64. The molecule has 0 spiro atoms. The molecule has 0 saturated heterocycles. The fourth-order valence-electron chi connectivity index (χ4n) is 1.21. The normalized spacial score (nSPS) is 11.8. The van der Waals surface area contributed by atoms with E-state index in [1.165, 1.54) is 12.1 Å². The van der Waals surface area contributed by atoms with Gasteiger partial charge >= 0.3 is 6.18 Å². The van der Waals surface area contributed by atoms with E-state index in [1.807, 2.05) is 0 Å². The van der Waals surface area contributed by atoms with Crippen molar-refractivity contribution in [2.45, 2.75) is 6.18 Å². The lowest BCUT2D eigenvalue weighted by atomic mass is 10.1. The van der Waals surface area contributed by atoms with Crippen LogP contribution in [-0.4, -0.2) is 10.1 Å². The monoisotopic (exact) mass is 248 g/mol. The summed E-state index contributed by atoms with van der Waals surface area (Å²) in [5.74, 6) is 0.0242. The number of halogens is 4. The fourth-order valence-corrected chi connectivity index (χ4v) is 1.53. The molecular formula is C9H4ClF3N2O. The quantitative estimate of drug-likeness (QED) is 0.776. The zero-order valence-electron chi connectivity index (χ0n) is 7.62. The minimum absolute atomic E-state index is 0.0242. The van der Waals surface area contributed by atoms with Crippen molar-refractivity contribution in [3.63, 3.8) is 0 Å². The van der Waals surface area contributed by atoms with Crippen LogP contribution in [-0.2, 0) is 6.18 Å². The summed E-state index contributed by atoms with van der Waals surface area (Å²) in [7, 11) is 0. The molecule has 0 fully saturated rings. The smallest absolute Gasteiger partial charge is 0.342 e. The molecule has 0 atom stereocenters. The Morgan fingerprint density at radius 1 is 1.25 bits per heavy atom. The van der Waals surface area contributed by atoms with Gasteiger partial charge in [-0.25, -0.2) is 0 Å². The van der Waals surface area contributed by atoms with Gasteiger partial charge in [0.05, 0.1) is 10.6 Å². The number of hydrogen-bond acceptors (Lipinski definition) is 3. The Hall–Kier alpha value is -1.56. The molecule has 2 rings (SSSR count). The first-order chi connectivity index (χ1) is 7.50. The lowest BCUT2D eigenvalue weighted by Crippen LogP contribution is -2.06. The second-order valence-corrected chi connectivity index (χ2v) is 3.30. The summed E-state index contributed by atoms with van der Waals surface area (Å²) < 4.78 is 42.0. The first-order valence-electron chi connectivity index (χ1n) is 4.12. The Morgan fingerprint density at radius 2 is 2.00 bits per heavy atom. The highest BCUT2D eigenvalue weighted by Gasteiger charge is 2.34. The van der Waals surface area contributed by atoms with Gasteiger partial charge in [-0.15, -0.1) is 0 Å². The van der Waals surface area contributed by atoms with Crippen LogP contribution < -0.4 is 0 Å². The SMILES string of the molecule is FC(F)(F)c1cccc(-c2ncon2)c1Cl. The summed E-state index contributed by atoms with van der Waals surface area (Å²) in [6.45, 7) is 0. The molecule has 16 heavy (non-hydrogen) atoms. The van der Waals surface area contributed by atoms with E-state index in [2.05, 4.69) is 14.7 Å². The zero-order chi connectivity index (χ0) is 11.8. The molecule has 0 saturated carbocycles. The van der Waals surface area contributed by atoms with Gasteiger partial charge in [-0.2, -0.15) is 18.2 Å². The predicted molar refractivity (Wildman–Crippen MR) is 49.7 cm³/mol. The Balaban J connectivity index is 2.58. The van der Waals surface area contributed by atoms with Crippen LogP contribution >= 0.6 is 11.6 Å². The highest BCUT2D eigenvalue weighted by Crippen LogP contribution is 2.38. The van der Waals surface area contributed by atoms with Gasteiger partial charge in [0.1, 0.15) is 0 Å². The lowest BCUT2D eigenvalue weighted by Gasteiger charge is -2.10. The van der Waals surface area contributed by atoms with Gasteiger partial charge < -0.3 is 4.52 Å². The van der Waals surface area contributed by atoms with E-state index in [1.54, 1.807) is 0 Å². The third-order valence-electron chi connectivity index (χ3n) is 1.91. The third-order valence-corrected chi connectivity index (χ3v) is 2.31. The van der Waals surface area contributed by atoms with E-state index in [0.29, 0.717) is 0 Å². The summed E-state index contributed by atoms with van der Waals surface area (Å²) in [6.07, 6.45) is -3.48. The van der Waals surface area contributed by atoms with Crippen molar-refractivity contribution in [1.29, 1.82) is 0 Å². The van der Waals surface area contributed by atoms with Crippen molar-refractivity contribution in [3.05, 3.63) is 35.2 Å². The number of alkyl halides is 3. The van der Waals surface area contributed by atoms with Crippen LogP contribution in [0, 0.1) is 0 Å². The van der Waals surface area contributed by atoms with Gasteiger partial charge in [0, 0.05) is 5.56 Å². The van der Waals surface area contributed by atoms with Crippen LogP contribution in [0.3, 0.4) is 0 Å². The van der Waals surface area contributed by atoms with Gasteiger partial charge in [-0.3, -0.25) is 0 Å². The maximum atomic E-state index is 12.5. The maximum Gasteiger partial charge on any atom is 0.417 e. The van der Waals surface area contributed by atoms with Crippen LogP contribution in [0.25, 0.3) is 11.4 Å². The number of nitrogens with zero attached hydrogens (tertiary/aromatic N) is 2. The van der Waals surface area contributed by atoms with Crippen molar-refractivity contribution >= 4 is 11.6 Å². The van der Waals surface area contributed by atoms with Gasteiger partial charge in [-0.05, 0) is 12.1 Å². The van der Waals surface area contributed by atoms with Crippen LogP contribution in [0.15, 0.2) is 29.1 Å². The largest absolute Gasteiger partial charge is 0.417 e. The van der Waals surface area contributed by atoms with E-state index in [-0.39, 0.29) is 11.4 Å². The van der Waals surface area contributed by atoms with E-state index >= 15 is 0 Å². The van der Waals surface area contributed by atoms with Crippen molar-refractivity contribution in [2.24, 2.45) is 0 Å². The molecule has 7 heteroatoms. The van der Waals surface area contributed by atoms with Crippen LogP contribution in [0.5, 0.6) is 0 Å². The van der Waals surface area contributed by atoms with E-state index in [0.717, 1.165) is 12.5 Å². The molecule has 0 amide bonds. The molecule has 0 aliphatic heterocycles. The highest BCUT2D eigenvalue weighted by atomic mass is 35.5. The Bertz CT molecular complexity index is 496. The minimum atomic E-state index is -4.50. The molecule has 0 aliphatic rings. The average Bonchev–Trinajstić information content (AvgIpc) is 2.69. The predicted octanol–water partition coefficient (Wildman–Crippen LogP) is 3.41. The molecule has 0 N–H and O–H groups in total. The molecule has 1 aromatic carbocycles. The van der Waals surface area contributed by atoms with Crippen molar-refractivity contribution in [3.8, 4) is 11.4 Å². The Morgan fingerprint density at radius 3 is 2.56 bits per heavy atom. The summed E-state index contributed by atoms with van der Waals surface area (Å²) in [5, 5.41) is 3.00. The Kier molecular flexibility index (Phi) is 2.59. The van der Waals surface area contributed by atoms with E-state index < -0.39 is 16.8 Å². The number of benzene rings is 1. The van der Waals surface area contributed by atoms with Crippen molar-refractivity contribution < 1.29 is 17.7 Å². The molecule has 2 aromatic rings. The van der Waals surface area contributed by atoms with E-state index in [9.17, 15) is 13.2 Å². The first kappa shape index (κ1) is 10.9. The van der Waals surface area contributed by atoms with E-state index in [4.69, 9.17) is 11.6 Å². The van der Waals surface area contributed by atoms with Crippen molar-refractivity contribution in [2.75, 3.05) is 0 Å². The summed E-state index contributed by atoms with van der Waals surface area (Å²) >= 11 is 5.64. The first-order valence-corrected chi connectivity index (χ1v) is 4.50. The number of aromatic nitrogens is 2. The molecule has 84 valence electrons. The number of rotatable bonds is 1. The molecule has 3 nitrogen and oxygen atoms in total.